The first-order valence-corrected chi connectivity index (χ1v) is 8.97. The fourth-order valence-corrected chi connectivity index (χ4v) is 3.76. The third kappa shape index (κ3) is 3.33. The molecule has 4 rings (SSSR count). The molecule has 1 unspecified atom stereocenters. The van der Waals surface area contributed by atoms with Crippen LogP contribution >= 0.6 is 0 Å². The van der Waals surface area contributed by atoms with Gasteiger partial charge in [0.2, 0.25) is 0 Å². The van der Waals surface area contributed by atoms with Gasteiger partial charge < -0.3 is 14.0 Å². The Morgan fingerprint density at radius 2 is 2.08 bits per heavy atom. The topological polar surface area (TPSA) is 65.3 Å². The molecule has 0 spiro atoms. The number of nitrogens with zero attached hydrogens (tertiary/aromatic N) is 5. The number of hydrogen-bond donors (Lipinski definition) is 0. The lowest BCUT2D eigenvalue weighted by molar-refractivity contribution is 0.189. The third-order valence-corrected chi connectivity index (χ3v) is 5.15. The summed E-state index contributed by atoms with van der Waals surface area (Å²) in [5, 5.41) is 8.59. The van der Waals surface area contributed by atoms with Crippen LogP contribution in [0.3, 0.4) is 0 Å². The van der Waals surface area contributed by atoms with Gasteiger partial charge in [-0.2, -0.15) is 0 Å². The zero-order valence-corrected chi connectivity index (χ0v) is 14.9. The summed E-state index contributed by atoms with van der Waals surface area (Å²) in [6.07, 6.45) is 8.53. The Morgan fingerprint density at radius 3 is 2.84 bits per heavy atom. The van der Waals surface area contributed by atoms with Crippen molar-refractivity contribution in [1.82, 2.24) is 24.6 Å². The maximum atomic E-state index is 5.53. The number of rotatable bonds is 6. The van der Waals surface area contributed by atoms with E-state index in [1.807, 2.05) is 12.4 Å². The van der Waals surface area contributed by atoms with E-state index in [1.165, 1.54) is 19.3 Å². The van der Waals surface area contributed by atoms with Gasteiger partial charge in [0.25, 0.3) is 0 Å². The van der Waals surface area contributed by atoms with Crippen LogP contribution in [0.1, 0.15) is 49.2 Å². The van der Waals surface area contributed by atoms with E-state index in [9.17, 15) is 0 Å². The maximum Gasteiger partial charge on any atom is 0.183 e. The molecule has 2 aromatic rings. The first-order chi connectivity index (χ1) is 12.3. The lowest BCUT2D eigenvalue weighted by atomic mass is 9.97. The number of hydrogen-bond acceptors (Lipinski definition) is 6. The van der Waals surface area contributed by atoms with Crippen LogP contribution in [0, 0.1) is 0 Å². The monoisotopic (exact) mass is 343 g/mol. The van der Waals surface area contributed by atoms with Gasteiger partial charge in [0.1, 0.15) is 17.8 Å². The lowest BCUT2D eigenvalue weighted by Crippen LogP contribution is -2.35. The Labute approximate surface area is 148 Å². The largest absolute Gasteiger partial charge is 0.493 e. The summed E-state index contributed by atoms with van der Waals surface area (Å²) in [4.78, 5) is 6.95. The summed E-state index contributed by atoms with van der Waals surface area (Å²) >= 11 is 0. The summed E-state index contributed by atoms with van der Waals surface area (Å²) in [7, 11) is 3.32. The average molecular weight is 343 g/mol. The fourth-order valence-electron chi connectivity index (χ4n) is 3.76. The number of pyridine rings is 1. The van der Waals surface area contributed by atoms with Gasteiger partial charge in [-0.1, -0.05) is 0 Å². The van der Waals surface area contributed by atoms with E-state index in [-0.39, 0.29) is 0 Å². The van der Waals surface area contributed by atoms with Gasteiger partial charge >= 0.3 is 0 Å². The van der Waals surface area contributed by atoms with Gasteiger partial charge in [-0.3, -0.25) is 9.88 Å². The molecule has 0 N–H and O–H groups in total. The molecule has 0 bridgehead atoms. The molecule has 2 fully saturated rings. The highest BCUT2D eigenvalue weighted by Crippen LogP contribution is 2.38. The van der Waals surface area contributed by atoms with Crippen molar-refractivity contribution in [2.75, 3.05) is 27.3 Å². The van der Waals surface area contributed by atoms with Gasteiger partial charge in [-0.05, 0) is 32.2 Å². The van der Waals surface area contributed by atoms with Crippen LogP contribution in [0.4, 0.5) is 0 Å². The standard InChI is InChI=1S/C18H25N5O2/c1-24-16-7-8-19-15(17(16)25-2)11-22-9-3-4-13(10-22)18-21-20-12-23(18)14-5-6-14/h7-8,12-14H,3-6,9-11H2,1-2H3. The van der Waals surface area contributed by atoms with Gasteiger partial charge in [-0.25, -0.2) is 0 Å². The van der Waals surface area contributed by atoms with E-state index in [2.05, 4.69) is 24.6 Å². The molecule has 7 nitrogen and oxygen atoms in total. The summed E-state index contributed by atoms with van der Waals surface area (Å²) in [6, 6.07) is 2.46. The number of ether oxygens (including phenoxy) is 2. The quantitative estimate of drug-likeness (QED) is 0.802. The second-order valence-corrected chi connectivity index (χ2v) is 6.90. The molecule has 0 aromatic carbocycles. The molecule has 1 atom stereocenters. The van der Waals surface area contributed by atoms with Gasteiger partial charge in [0, 0.05) is 37.3 Å². The minimum Gasteiger partial charge on any atom is -0.493 e. The predicted molar refractivity (Wildman–Crippen MR) is 92.9 cm³/mol. The van der Waals surface area contributed by atoms with Crippen molar-refractivity contribution in [3.63, 3.8) is 0 Å². The maximum absolute atomic E-state index is 5.53. The molecule has 0 radical (unpaired) electrons. The average Bonchev–Trinajstić information content (AvgIpc) is 3.38. The molecule has 134 valence electrons. The van der Waals surface area contributed by atoms with E-state index in [0.29, 0.717) is 12.0 Å². The molecule has 2 aliphatic rings. The molecular weight excluding hydrogens is 318 g/mol. The van der Waals surface area contributed by atoms with Crippen molar-refractivity contribution in [1.29, 1.82) is 0 Å². The van der Waals surface area contributed by atoms with E-state index in [1.54, 1.807) is 20.4 Å². The summed E-state index contributed by atoms with van der Waals surface area (Å²) in [5.74, 6) is 3.05. The van der Waals surface area contributed by atoms with E-state index >= 15 is 0 Å². The summed E-state index contributed by atoms with van der Waals surface area (Å²) in [6.45, 7) is 2.80. The number of methoxy groups -OCH3 is 2. The van der Waals surface area contributed by atoms with Crippen molar-refractivity contribution in [2.45, 2.75) is 44.2 Å². The van der Waals surface area contributed by atoms with Gasteiger partial charge in [0.05, 0.1) is 14.2 Å². The predicted octanol–water partition coefficient (Wildman–Crippen LogP) is 2.40. The summed E-state index contributed by atoms with van der Waals surface area (Å²) in [5.41, 5.74) is 0.922. The Balaban J connectivity index is 1.49. The smallest absolute Gasteiger partial charge is 0.183 e. The Morgan fingerprint density at radius 1 is 1.20 bits per heavy atom. The molecule has 1 aliphatic heterocycles. The second-order valence-electron chi connectivity index (χ2n) is 6.90. The van der Waals surface area contributed by atoms with Crippen LogP contribution in [0.5, 0.6) is 11.5 Å². The molecule has 7 heteroatoms. The lowest BCUT2D eigenvalue weighted by Gasteiger charge is -2.32. The molecule has 2 aromatic heterocycles. The molecule has 1 aliphatic carbocycles. The number of aromatic nitrogens is 4. The zero-order valence-electron chi connectivity index (χ0n) is 14.9. The molecule has 0 amide bonds. The number of piperidine rings is 1. The highest BCUT2D eigenvalue weighted by molar-refractivity contribution is 5.42. The number of likely N-dealkylation sites (tertiary alicyclic amines) is 1. The molecular formula is C18H25N5O2. The van der Waals surface area contributed by atoms with Crippen molar-refractivity contribution >= 4 is 0 Å². The molecule has 1 saturated heterocycles. The molecule has 1 saturated carbocycles. The Bertz CT molecular complexity index is 728. The molecule has 3 heterocycles. The van der Waals surface area contributed by atoms with Crippen LogP contribution in [-0.2, 0) is 6.54 Å². The van der Waals surface area contributed by atoms with Gasteiger partial charge in [-0.15, -0.1) is 10.2 Å². The van der Waals surface area contributed by atoms with Crippen LogP contribution in [0.2, 0.25) is 0 Å². The van der Waals surface area contributed by atoms with Crippen LogP contribution in [0.15, 0.2) is 18.6 Å². The highest BCUT2D eigenvalue weighted by atomic mass is 16.5. The minimum atomic E-state index is 0.438. The summed E-state index contributed by atoms with van der Waals surface area (Å²) < 4.78 is 13.2. The highest BCUT2D eigenvalue weighted by Gasteiger charge is 2.31. The van der Waals surface area contributed by atoms with Crippen LogP contribution in [-0.4, -0.2) is 52.0 Å². The normalized spacial score (nSPS) is 21.3. The Kier molecular flexibility index (Phi) is 4.57. The van der Waals surface area contributed by atoms with Crippen LogP contribution in [0.25, 0.3) is 0 Å². The minimum absolute atomic E-state index is 0.438. The fraction of sp³-hybridized carbons (Fsp3) is 0.611. The van der Waals surface area contributed by atoms with Crippen LogP contribution < -0.4 is 9.47 Å². The third-order valence-electron chi connectivity index (χ3n) is 5.15. The van der Waals surface area contributed by atoms with E-state index in [4.69, 9.17) is 9.47 Å². The van der Waals surface area contributed by atoms with E-state index < -0.39 is 0 Å². The first kappa shape index (κ1) is 16.3. The second kappa shape index (κ2) is 7.00. The van der Waals surface area contributed by atoms with Crippen molar-refractivity contribution in [2.24, 2.45) is 0 Å². The zero-order chi connectivity index (χ0) is 17.2. The Hall–Kier alpha value is -2.15. The molecule has 25 heavy (non-hydrogen) atoms. The SMILES string of the molecule is COc1ccnc(CN2CCCC(c3nncn3C3CC3)C2)c1OC. The van der Waals surface area contributed by atoms with Crippen molar-refractivity contribution in [3.8, 4) is 11.5 Å². The van der Waals surface area contributed by atoms with Gasteiger partial charge in [0.15, 0.2) is 11.5 Å². The van der Waals surface area contributed by atoms with E-state index in [0.717, 1.165) is 49.1 Å². The van der Waals surface area contributed by atoms with Crippen molar-refractivity contribution in [3.05, 3.63) is 30.1 Å². The first-order valence-electron chi connectivity index (χ1n) is 8.97. The van der Waals surface area contributed by atoms with Crippen molar-refractivity contribution < 1.29 is 9.47 Å².